The first-order valence-corrected chi connectivity index (χ1v) is 6.71. The van der Waals surface area contributed by atoms with E-state index in [0.717, 1.165) is 7.11 Å². The molecule has 9 heteroatoms. The lowest BCUT2D eigenvalue weighted by Crippen LogP contribution is -2.44. The molecule has 5 nitrogen and oxygen atoms in total. The Balaban J connectivity index is 4.43. The number of amides is 1. The highest BCUT2D eigenvalue weighted by atomic mass is 32.2. The van der Waals surface area contributed by atoms with E-state index >= 15 is 0 Å². The van der Waals surface area contributed by atoms with Gasteiger partial charge < -0.3 is 14.8 Å². The lowest BCUT2D eigenvalue weighted by molar-refractivity contribution is -0.143. The Morgan fingerprint density at radius 3 is 2.20 bits per heavy atom. The van der Waals surface area contributed by atoms with Crippen LogP contribution in [0.3, 0.4) is 0 Å². The van der Waals surface area contributed by atoms with Crippen LogP contribution in [0, 0.1) is 0 Å². The second-order valence-electron chi connectivity index (χ2n) is 4.80. The minimum Gasteiger partial charge on any atom is -0.467 e. The molecular weight excluding hydrogens is 299 g/mol. The second-order valence-corrected chi connectivity index (χ2v) is 5.96. The average Bonchev–Trinajstić information content (AvgIpc) is 2.22. The zero-order valence-corrected chi connectivity index (χ0v) is 12.5. The molecule has 0 fully saturated rings. The molecule has 0 aromatic rings. The van der Waals surface area contributed by atoms with Gasteiger partial charge in [0, 0.05) is 5.75 Å². The van der Waals surface area contributed by atoms with Gasteiger partial charge in [-0.25, -0.2) is 9.59 Å². The van der Waals surface area contributed by atoms with E-state index in [1.165, 1.54) is 0 Å². The Morgan fingerprint density at radius 1 is 1.25 bits per heavy atom. The number of hydrogen-bond donors (Lipinski definition) is 1. The summed E-state index contributed by atoms with van der Waals surface area (Å²) in [4.78, 5) is 22.9. The van der Waals surface area contributed by atoms with Gasteiger partial charge in [-0.2, -0.15) is 13.2 Å². The summed E-state index contributed by atoms with van der Waals surface area (Å²) in [5, 5.41) is 2.19. The van der Waals surface area contributed by atoms with Gasteiger partial charge in [-0.05, 0) is 27.2 Å². The summed E-state index contributed by atoms with van der Waals surface area (Å²) in [5.41, 5.74) is -5.15. The number of halogens is 3. The van der Waals surface area contributed by atoms with Crippen LogP contribution < -0.4 is 5.32 Å². The zero-order valence-electron chi connectivity index (χ0n) is 11.7. The molecule has 0 aromatic carbocycles. The second kappa shape index (κ2) is 7.61. The van der Waals surface area contributed by atoms with Gasteiger partial charge in [-0.15, -0.1) is 0 Å². The van der Waals surface area contributed by atoms with Crippen molar-refractivity contribution in [3.8, 4) is 0 Å². The standard InChI is InChI=1S/C11H18F3NO4S/c1-10(2,3)19-9(17)15-7(8(16)18-4)5-6-20-11(12,13)14/h7H,5-6H2,1-4H3,(H,15,17). The minimum atomic E-state index is -4.38. The van der Waals surface area contributed by atoms with Gasteiger partial charge in [0.2, 0.25) is 0 Å². The molecule has 0 radical (unpaired) electrons. The lowest BCUT2D eigenvalue weighted by Gasteiger charge is -2.22. The van der Waals surface area contributed by atoms with Gasteiger partial charge in [0.25, 0.3) is 0 Å². The van der Waals surface area contributed by atoms with Crippen molar-refractivity contribution in [3.05, 3.63) is 0 Å². The van der Waals surface area contributed by atoms with Crippen LogP contribution in [-0.4, -0.2) is 42.1 Å². The van der Waals surface area contributed by atoms with E-state index in [0.29, 0.717) is 0 Å². The number of methoxy groups -OCH3 is 1. The van der Waals surface area contributed by atoms with Gasteiger partial charge in [0.15, 0.2) is 0 Å². The smallest absolute Gasteiger partial charge is 0.441 e. The van der Waals surface area contributed by atoms with Gasteiger partial charge >= 0.3 is 17.6 Å². The van der Waals surface area contributed by atoms with Gasteiger partial charge in [0.05, 0.1) is 7.11 Å². The van der Waals surface area contributed by atoms with Crippen molar-refractivity contribution < 1.29 is 32.2 Å². The molecule has 0 heterocycles. The molecule has 0 aliphatic carbocycles. The molecule has 0 saturated heterocycles. The largest absolute Gasteiger partial charge is 0.467 e. The van der Waals surface area contributed by atoms with Crippen LogP contribution in [0.15, 0.2) is 0 Å². The Hall–Kier alpha value is -1.12. The number of alkyl halides is 3. The topological polar surface area (TPSA) is 64.6 Å². The Labute approximate surface area is 119 Å². The summed E-state index contributed by atoms with van der Waals surface area (Å²) in [6.45, 7) is 4.87. The molecule has 0 aliphatic heterocycles. The number of carbonyl (C=O) groups excluding carboxylic acids is 2. The number of rotatable bonds is 5. The maximum absolute atomic E-state index is 12.0. The third-order valence-corrected chi connectivity index (χ3v) is 2.62. The number of alkyl carbamates (subject to hydrolysis) is 1. The highest BCUT2D eigenvalue weighted by Gasteiger charge is 2.30. The van der Waals surface area contributed by atoms with E-state index in [-0.39, 0.29) is 23.9 Å². The van der Waals surface area contributed by atoms with Crippen LogP contribution in [0.1, 0.15) is 27.2 Å². The van der Waals surface area contributed by atoms with Crippen molar-refractivity contribution in [2.75, 3.05) is 12.9 Å². The summed E-state index contributed by atoms with van der Waals surface area (Å²) in [5.74, 6) is -1.20. The van der Waals surface area contributed by atoms with E-state index in [1.54, 1.807) is 20.8 Å². The fourth-order valence-electron chi connectivity index (χ4n) is 1.13. The number of hydrogen-bond acceptors (Lipinski definition) is 5. The van der Waals surface area contributed by atoms with Crippen molar-refractivity contribution in [3.63, 3.8) is 0 Å². The quantitative estimate of drug-likeness (QED) is 0.790. The van der Waals surface area contributed by atoms with Gasteiger partial charge in [0.1, 0.15) is 11.6 Å². The SMILES string of the molecule is COC(=O)C(CCSC(F)(F)F)NC(=O)OC(C)(C)C. The maximum atomic E-state index is 12.0. The van der Waals surface area contributed by atoms with Crippen LogP contribution in [-0.2, 0) is 14.3 Å². The number of ether oxygens (including phenoxy) is 2. The lowest BCUT2D eigenvalue weighted by atomic mass is 10.2. The van der Waals surface area contributed by atoms with Crippen molar-refractivity contribution in [2.24, 2.45) is 0 Å². The number of thioether (sulfide) groups is 1. The van der Waals surface area contributed by atoms with Crippen LogP contribution in [0.4, 0.5) is 18.0 Å². The Bertz CT molecular complexity index is 342. The van der Waals surface area contributed by atoms with Crippen LogP contribution in [0.5, 0.6) is 0 Å². The average molecular weight is 317 g/mol. The van der Waals surface area contributed by atoms with Gasteiger partial charge in [-0.3, -0.25) is 0 Å². The normalized spacial score (nSPS) is 13.6. The highest BCUT2D eigenvalue weighted by Crippen LogP contribution is 2.30. The third kappa shape index (κ3) is 9.76. The predicted octanol–water partition coefficient (Wildman–Crippen LogP) is 2.70. The van der Waals surface area contributed by atoms with Crippen molar-refractivity contribution >= 4 is 23.8 Å². The molecular formula is C11H18F3NO4S. The molecule has 0 spiro atoms. The number of esters is 1. The monoisotopic (exact) mass is 317 g/mol. The summed E-state index contributed by atoms with van der Waals surface area (Å²) >= 11 is -0.270. The van der Waals surface area contributed by atoms with E-state index in [9.17, 15) is 22.8 Å². The Kier molecular flexibility index (Phi) is 7.18. The van der Waals surface area contributed by atoms with Crippen molar-refractivity contribution in [1.82, 2.24) is 5.32 Å². The Morgan fingerprint density at radius 2 is 1.80 bits per heavy atom. The molecule has 1 unspecified atom stereocenters. The number of nitrogens with one attached hydrogen (secondary N) is 1. The maximum Gasteiger partial charge on any atom is 0.441 e. The third-order valence-electron chi connectivity index (χ3n) is 1.85. The first-order valence-electron chi connectivity index (χ1n) is 5.72. The van der Waals surface area contributed by atoms with E-state index < -0.39 is 29.2 Å². The molecule has 0 aliphatic rings. The van der Waals surface area contributed by atoms with Gasteiger partial charge in [-0.1, -0.05) is 11.8 Å². The molecule has 1 atom stereocenters. The van der Waals surface area contributed by atoms with E-state index in [1.807, 2.05) is 0 Å². The molecule has 118 valence electrons. The fraction of sp³-hybridized carbons (Fsp3) is 0.818. The molecule has 0 aromatic heterocycles. The number of carbonyl (C=O) groups is 2. The molecule has 1 amide bonds. The summed E-state index contributed by atoms with van der Waals surface area (Å²) in [7, 11) is 1.09. The van der Waals surface area contributed by atoms with Crippen molar-refractivity contribution in [2.45, 2.75) is 44.3 Å². The molecule has 20 heavy (non-hydrogen) atoms. The zero-order chi connectivity index (χ0) is 16.0. The summed E-state index contributed by atoms with van der Waals surface area (Å²) in [6.07, 6.45) is -1.10. The highest BCUT2D eigenvalue weighted by molar-refractivity contribution is 8.00. The van der Waals surface area contributed by atoms with E-state index in [4.69, 9.17) is 4.74 Å². The predicted molar refractivity (Wildman–Crippen MR) is 68.3 cm³/mol. The minimum absolute atomic E-state index is 0.212. The molecule has 0 rings (SSSR count). The summed E-state index contributed by atoms with van der Waals surface area (Å²) < 4.78 is 45.4. The molecule has 0 saturated carbocycles. The fourth-order valence-corrected chi connectivity index (χ4v) is 1.72. The first kappa shape index (κ1) is 18.9. The molecule has 0 bridgehead atoms. The van der Waals surface area contributed by atoms with Crippen LogP contribution in [0.2, 0.25) is 0 Å². The van der Waals surface area contributed by atoms with Crippen LogP contribution in [0.25, 0.3) is 0 Å². The van der Waals surface area contributed by atoms with E-state index in [2.05, 4.69) is 10.1 Å². The first-order chi connectivity index (χ1) is 8.94. The van der Waals surface area contributed by atoms with Crippen LogP contribution >= 0.6 is 11.8 Å². The summed E-state index contributed by atoms with van der Waals surface area (Å²) in [6, 6.07) is -1.18. The molecule has 1 N–H and O–H groups in total. The van der Waals surface area contributed by atoms with Crippen molar-refractivity contribution in [1.29, 1.82) is 0 Å².